The van der Waals surface area contributed by atoms with E-state index in [9.17, 15) is 4.79 Å². The molecule has 1 saturated heterocycles. The van der Waals surface area contributed by atoms with Crippen molar-refractivity contribution in [2.45, 2.75) is 70.3 Å². The van der Waals surface area contributed by atoms with Gasteiger partial charge < -0.3 is 19.3 Å². The van der Waals surface area contributed by atoms with Gasteiger partial charge in [-0.25, -0.2) is 17.7 Å². The van der Waals surface area contributed by atoms with Gasteiger partial charge in [0, 0.05) is 37.8 Å². The molecule has 8 rings (SSSR count). The van der Waals surface area contributed by atoms with Crippen molar-refractivity contribution in [3.8, 4) is 0 Å². The van der Waals surface area contributed by atoms with E-state index < -0.39 is 0 Å². The van der Waals surface area contributed by atoms with Crippen molar-refractivity contribution in [3.63, 3.8) is 0 Å². The fourth-order valence-electron chi connectivity index (χ4n) is 8.03. The van der Waals surface area contributed by atoms with Crippen molar-refractivity contribution in [3.05, 3.63) is 93.0 Å². The molecule has 2 fully saturated rings. The zero-order valence-corrected chi connectivity index (χ0v) is 27.4. The first-order chi connectivity index (χ1) is 19.2. The average molecular weight is 755 g/mol. The number of hydrogen-bond acceptors (Lipinski definition) is 4. The second-order valence-corrected chi connectivity index (χ2v) is 12.2. The molecule has 1 aromatic rings. The maximum atomic E-state index is 13.2. The van der Waals surface area contributed by atoms with Crippen LogP contribution in [0.3, 0.4) is 0 Å². The SMILES string of the molecule is O=C1/C(=C\C2=CC3C=C4CCCN5CCCC(=C45)C3O2)CC/C1=C\[C-]=Cc1[c-]c2c3c(c1)CCCN3CCC2.[U+2]. The minimum absolute atomic E-state index is 0. The molecule has 0 bridgehead atoms. The predicted molar refractivity (Wildman–Crippen MR) is 154 cm³/mol. The molecule has 0 spiro atoms. The molecule has 2 aliphatic carbocycles. The summed E-state index contributed by atoms with van der Waals surface area (Å²) in [4.78, 5) is 18.4. The summed E-state index contributed by atoms with van der Waals surface area (Å²) < 4.78 is 6.52. The molecule has 40 heavy (non-hydrogen) atoms. The van der Waals surface area contributed by atoms with Crippen LogP contribution in [0.5, 0.6) is 0 Å². The fourth-order valence-corrected chi connectivity index (χ4v) is 8.03. The molecule has 2 unspecified atom stereocenters. The van der Waals surface area contributed by atoms with Crippen LogP contribution in [0.2, 0.25) is 0 Å². The van der Waals surface area contributed by atoms with E-state index in [4.69, 9.17) is 4.74 Å². The van der Waals surface area contributed by atoms with E-state index in [1.807, 2.05) is 18.2 Å². The second-order valence-electron chi connectivity index (χ2n) is 12.2. The standard InChI is InChI=1S/C35H36N2O2.U/c38-34-24(7-1-6-23-18-25-8-2-14-36-15-3-9-26(19-23)32(25)36)12-13-28(34)21-30-22-29-20-27-10-4-16-37-17-5-11-31(33(27)37)35(29)39-30;/h6-7,18,20-22,29,35H,2-5,8-17H2;/q-2;+2/b24-7+,28-21-;. The molecule has 5 aliphatic heterocycles. The molecule has 0 aromatic heterocycles. The Labute approximate surface area is 262 Å². The first-order valence-corrected chi connectivity index (χ1v) is 15.2. The number of anilines is 1. The Morgan fingerprint density at radius 1 is 0.900 bits per heavy atom. The van der Waals surface area contributed by atoms with Crippen molar-refractivity contribution in [2.24, 2.45) is 5.92 Å². The van der Waals surface area contributed by atoms with Gasteiger partial charge in [-0.3, -0.25) is 6.08 Å². The van der Waals surface area contributed by atoms with Gasteiger partial charge in [0.2, 0.25) is 0 Å². The Bertz CT molecular complexity index is 1410. The third kappa shape index (κ3) is 4.62. The molecular formula is C35H36N2O2U. The van der Waals surface area contributed by atoms with Gasteiger partial charge in [-0.15, -0.1) is 11.1 Å². The van der Waals surface area contributed by atoms with Gasteiger partial charge in [0.15, 0.2) is 0 Å². The maximum absolute atomic E-state index is 13.2. The van der Waals surface area contributed by atoms with E-state index in [0.29, 0.717) is 5.92 Å². The number of piperidine rings is 1. The number of allylic oxidation sites excluding steroid dienone is 6. The number of nitrogens with zero attached hydrogens (tertiary/aromatic N) is 2. The third-order valence-corrected chi connectivity index (χ3v) is 9.70. The zero-order chi connectivity index (χ0) is 25.9. The molecule has 1 saturated carbocycles. The molecule has 2 atom stereocenters. The summed E-state index contributed by atoms with van der Waals surface area (Å²) in [7, 11) is 0. The van der Waals surface area contributed by atoms with Gasteiger partial charge >= 0.3 is 31.1 Å². The van der Waals surface area contributed by atoms with Crippen molar-refractivity contribution in [2.75, 3.05) is 31.1 Å². The number of aryl methyl sites for hydroxylation is 2. The van der Waals surface area contributed by atoms with Crippen LogP contribution in [-0.4, -0.2) is 43.0 Å². The van der Waals surface area contributed by atoms with Gasteiger partial charge in [0.25, 0.3) is 0 Å². The van der Waals surface area contributed by atoms with Gasteiger partial charge in [-0.2, -0.15) is 12.1 Å². The molecule has 0 amide bonds. The number of Topliss-reactive ketones (excluding diaryl/α,β-unsaturated/α-hetero) is 1. The maximum Gasteiger partial charge on any atom is 2.00 e. The summed E-state index contributed by atoms with van der Waals surface area (Å²) in [6.45, 7) is 4.71. The summed E-state index contributed by atoms with van der Waals surface area (Å²) in [5, 5.41) is 0. The van der Waals surface area contributed by atoms with E-state index in [0.717, 1.165) is 54.6 Å². The third-order valence-electron chi connectivity index (χ3n) is 9.70. The average Bonchev–Trinajstić information content (AvgIpc) is 3.52. The van der Waals surface area contributed by atoms with Crippen LogP contribution in [0.15, 0.2) is 64.1 Å². The fraction of sp³-hybridized carbons (Fsp3) is 0.457. The van der Waals surface area contributed by atoms with Crippen LogP contribution in [0.25, 0.3) is 6.08 Å². The van der Waals surface area contributed by atoms with Crippen LogP contribution in [0, 0.1) is 49.2 Å². The van der Waals surface area contributed by atoms with Crippen molar-refractivity contribution in [1.29, 1.82) is 0 Å². The quantitative estimate of drug-likeness (QED) is 0.272. The van der Waals surface area contributed by atoms with Crippen molar-refractivity contribution in [1.82, 2.24) is 4.90 Å². The van der Waals surface area contributed by atoms with E-state index in [2.05, 4.69) is 40.2 Å². The van der Waals surface area contributed by atoms with Crippen LogP contribution in [0.1, 0.15) is 68.1 Å². The number of rotatable bonds is 3. The molecule has 4 nitrogen and oxygen atoms in total. The number of fused-ring (bicyclic) bond motifs is 2. The van der Waals surface area contributed by atoms with Gasteiger partial charge in [-0.1, -0.05) is 18.1 Å². The van der Waals surface area contributed by atoms with Crippen LogP contribution >= 0.6 is 0 Å². The van der Waals surface area contributed by atoms with Crippen LogP contribution < -0.4 is 4.90 Å². The van der Waals surface area contributed by atoms with Gasteiger partial charge in [0.05, 0.1) is 0 Å². The molecule has 7 aliphatic rings. The Hall–Kier alpha value is -2.22. The Morgan fingerprint density at radius 3 is 2.58 bits per heavy atom. The number of ketones is 1. The Kier molecular flexibility index (Phi) is 7.26. The second kappa shape index (κ2) is 10.9. The first kappa shape index (κ1) is 26.7. The van der Waals surface area contributed by atoms with Crippen molar-refractivity contribution >= 4 is 17.5 Å². The van der Waals surface area contributed by atoms with E-state index in [-0.39, 0.29) is 43.0 Å². The molecule has 5 heterocycles. The Morgan fingerprint density at radius 2 is 1.68 bits per heavy atom. The molecule has 0 N–H and O–H groups in total. The number of hydrogen-bond donors (Lipinski definition) is 0. The minimum Gasteiger partial charge on any atom is -0.485 e. The Balaban J connectivity index is 0.00000264. The summed E-state index contributed by atoms with van der Waals surface area (Å²) in [5.41, 5.74) is 11.6. The van der Waals surface area contributed by atoms with Gasteiger partial charge in [0.1, 0.15) is 17.6 Å². The van der Waals surface area contributed by atoms with Crippen LogP contribution in [-0.2, 0) is 22.4 Å². The summed E-state index contributed by atoms with van der Waals surface area (Å²) >= 11 is 0. The number of carbonyl (C=O) groups excluding carboxylic acids is 1. The summed E-state index contributed by atoms with van der Waals surface area (Å²) in [5.74, 6) is 1.33. The number of benzene rings is 1. The van der Waals surface area contributed by atoms with E-state index in [1.54, 1.807) is 0 Å². The monoisotopic (exact) mass is 754 g/mol. The van der Waals surface area contributed by atoms with Crippen LogP contribution in [0.4, 0.5) is 5.69 Å². The van der Waals surface area contributed by atoms with E-state index >= 15 is 0 Å². The number of carbonyl (C=O) groups is 1. The zero-order valence-electron chi connectivity index (χ0n) is 23.2. The largest absolute Gasteiger partial charge is 2.00 e. The molecule has 202 valence electrons. The molecule has 5 heteroatoms. The normalized spacial score (nSPS) is 28.8. The smallest absolute Gasteiger partial charge is 0.485 e. The van der Waals surface area contributed by atoms with Crippen molar-refractivity contribution < 1.29 is 40.6 Å². The molecule has 1 aromatic carbocycles. The molecule has 0 radical (unpaired) electrons. The molecular weight excluding hydrogens is 718 g/mol. The summed E-state index contributed by atoms with van der Waals surface area (Å²) in [6, 6.07) is 5.91. The number of ether oxygens (including phenoxy) is 1. The van der Waals surface area contributed by atoms with E-state index in [1.165, 1.54) is 91.9 Å². The topological polar surface area (TPSA) is 32.8 Å². The summed E-state index contributed by atoms with van der Waals surface area (Å²) in [6.07, 6.45) is 25.1. The first-order valence-electron chi connectivity index (χ1n) is 15.2. The minimum atomic E-state index is 0. The predicted octanol–water partition coefficient (Wildman–Crippen LogP) is 6.20. The van der Waals surface area contributed by atoms with Gasteiger partial charge in [-0.05, 0) is 92.3 Å².